The lowest BCUT2D eigenvalue weighted by atomic mass is 9.74. The van der Waals surface area contributed by atoms with Crippen LogP contribution in [0.15, 0.2) is 0 Å². The molecule has 14 nitrogen and oxygen atoms in total. The molecule has 14 heteroatoms. The smallest absolute Gasteiger partial charge is 0.311 e. The Morgan fingerprint density at radius 3 is 2.08 bits per heavy atom. The molecule has 4 N–H and O–H groups in total. The zero-order chi connectivity index (χ0) is 39.0. The molecule has 3 saturated heterocycles. The number of Topliss-reactive ketones (excluding diaryl/α,β-unsaturated/α-hetero) is 2. The fourth-order valence-corrected chi connectivity index (χ4v) is 8.24. The van der Waals surface area contributed by atoms with Gasteiger partial charge < -0.3 is 53.7 Å². The standard InChI is InChI=1S/C37H65NO13/c1-14-25-37(10,45)30(41)20(4)27(39)18(2)16-35(8,44)32(51-34-28(40)24(38(11)12)15-19(3)47-34)21(5)29(22(6)33(43)49-25)50-26-17-36(9,46-13)31(42)23(7)48-26/h18-26,28-29,31-32,34,40,42,44-45H,14-17H2,1-13H3. The second-order valence-electron chi connectivity index (χ2n) is 16.2. The number of ether oxygens (including phenoxy) is 6. The Morgan fingerprint density at radius 1 is 0.922 bits per heavy atom. The van der Waals surface area contributed by atoms with Gasteiger partial charge in [0.15, 0.2) is 24.0 Å². The third-order valence-electron chi connectivity index (χ3n) is 11.6. The van der Waals surface area contributed by atoms with Crippen molar-refractivity contribution in [3.8, 4) is 0 Å². The number of esters is 1. The molecule has 3 rings (SSSR count). The number of ketones is 2. The highest BCUT2D eigenvalue weighted by Crippen LogP contribution is 2.40. The van der Waals surface area contributed by atoms with Crippen molar-refractivity contribution in [1.29, 1.82) is 0 Å². The molecule has 51 heavy (non-hydrogen) atoms. The first-order valence-corrected chi connectivity index (χ1v) is 18.4. The summed E-state index contributed by atoms with van der Waals surface area (Å²) in [4.78, 5) is 43.3. The molecule has 0 aromatic heterocycles. The Morgan fingerprint density at radius 2 is 1.53 bits per heavy atom. The maximum Gasteiger partial charge on any atom is 0.311 e. The van der Waals surface area contributed by atoms with Gasteiger partial charge in [-0.2, -0.15) is 0 Å². The van der Waals surface area contributed by atoms with E-state index in [0.29, 0.717) is 6.42 Å². The summed E-state index contributed by atoms with van der Waals surface area (Å²) in [6, 6.07) is -0.333. The second-order valence-corrected chi connectivity index (χ2v) is 16.2. The molecule has 0 aromatic carbocycles. The first kappa shape index (κ1) is 43.8. The van der Waals surface area contributed by atoms with E-state index in [4.69, 9.17) is 28.4 Å². The predicted molar refractivity (Wildman–Crippen MR) is 185 cm³/mol. The van der Waals surface area contributed by atoms with Crippen LogP contribution in [0.5, 0.6) is 0 Å². The maximum atomic E-state index is 14.0. The van der Waals surface area contributed by atoms with Crippen LogP contribution in [-0.2, 0) is 42.8 Å². The highest BCUT2D eigenvalue weighted by Gasteiger charge is 2.53. The third-order valence-corrected chi connectivity index (χ3v) is 11.6. The first-order chi connectivity index (χ1) is 23.4. The molecule has 0 amide bonds. The van der Waals surface area contributed by atoms with Crippen LogP contribution >= 0.6 is 0 Å². The highest BCUT2D eigenvalue weighted by molar-refractivity contribution is 6.06. The van der Waals surface area contributed by atoms with Gasteiger partial charge in [0.25, 0.3) is 0 Å². The number of aliphatic hydroxyl groups is 4. The van der Waals surface area contributed by atoms with Gasteiger partial charge in [0, 0.05) is 31.4 Å². The molecule has 0 saturated carbocycles. The number of methoxy groups -OCH3 is 1. The minimum Gasteiger partial charge on any atom is -0.459 e. The van der Waals surface area contributed by atoms with Crippen LogP contribution in [-0.4, -0.2) is 142 Å². The summed E-state index contributed by atoms with van der Waals surface area (Å²) in [6.45, 7) is 16.0. The molecule has 17 atom stereocenters. The van der Waals surface area contributed by atoms with Crippen molar-refractivity contribution >= 4 is 17.5 Å². The van der Waals surface area contributed by atoms with Crippen molar-refractivity contribution in [2.75, 3.05) is 21.2 Å². The van der Waals surface area contributed by atoms with Gasteiger partial charge in [-0.25, -0.2) is 0 Å². The largest absolute Gasteiger partial charge is 0.459 e. The number of carbonyl (C=O) groups is 3. The Labute approximate surface area is 303 Å². The van der Waals surface area contributed by atoms with Crippen LogP contribution in [0.1, 0.15) is 94.9 Å². The van der Waals surface area contributed by atoms with Crippen LogP contribution in [0.2, 0.25) is 0 Å². The molecular formula is C37H65NO13. The lowest BCUT2D eigenvalue weighted by molar-refractivity contribution is -0.317. The predicted octanol–water partition coefficient (Wildman–Crippen LogP) is 1.99. The lowest BCUT2D eigenvalue weighted by Gasteiger charge is -2.49. The quantitative estimate of drug-likeness (QED) is 0.220. The molecule has 3 heterocycles. The summed E-state index contributed by atoms with van der Waals surface area (Å²) in [5.74, 6) is -6.22. The van der Waals surface area contributed by atoms with Crippen LogP contribution in [0.25, 0.3) is 0 Å². The van der Waals surface area contributed by atoms with E-state index in [1.54, 1.807) is 41.5 Å². The normalized spacial score (nSPS) is 48.3. The molecule has 296 valence electrons. The molecular weight excluding hydrogens is 666 g/mol. The Balaban J connectivity index is 2.19. The fourth-order valence-electron chi connectivity index (χ4n) is 8.24. The van der Waals surface area contributed by atoms with E-state index in [9.17, 15) is 34.8 Å². The zero-order valence-corrected chi connectivity index (χ0v) is 32.8. The van der Waals surface area contributed by atoms with Gasteiger partial charge in [-0.15, -0.1) is 0 Å². The van der Waals surface area contributed by atoms with Gasteiger partial charge in [-0.3, -0.25) is 14.4 Å². The SMILES string of the molecule is CCC1OC(=O)C(C)C(OC2CC(C)(OC)C(O)C(C)O2)C(C)C(OC2OC(C)CC(N(C)C)C2O)C(C)(O)CC(C)C(=O)C(C)C(=O)C1(C)O. The van der Waals surface area contributed by atoms with E-state index in [2.05, 4.69) is 0 Å². The summed E-state index contributed by atoms with van der Waals surface area (Å²) in [5, 5.41) is 46.1. The Kier molecular flexibility index (Phi) is 14.5. The highest BCUT2D eigenvalue weighted by atomic mass is 16.7. The molecule has 0 spiro atoms. The zero-order valence-electron chi connectivity index (χ0n) is 32.8. The van der Waals surface area contributed by atoms with Crippen molar-refractivity contribution < 1.29 is 63.2 Å². The van der Waals surface area contributed by atoms with Gasteiger partial charge in [0.1, 0.15) is 24.1 Å². The molecule has 0 bridgehead atoms. The van der Waals surface area contributed by atoms with Gasteiger partial charge in [-0.1, -0.05) is 20.8 Å². The van der Waals surface area contributed by atoms with Crippen molar-refractivity contribution in [3.05, 3.63) is 0 Å². The number of cyclic esters (lactones) is 1. The Hall–Kier alpha value is -1.59. The van der Waals surface area contributed by atoms with E-state index in [0.717, 1.165) is 0 Å². The number of likely N-dealkylation sites (N-methyl/N-ethyl adjacent to an activating group) is 1. The van der Waals surface area contributed by atoms with E-state index < -0.39 is 107 Å². The number of hydrogen-bond acceptors (Lipinski definition) is 14. The number of hydrogen-bond donors (Lipinski definition) is 4. The minimum absolute atomic E-state index is 0.0741. The molecule has 0 radical (unpaired) electrons. The topological polar surface area (TPSA) is 191 Å². The summed E-state index contributed by atoms with van der Waals surface area (Å²) in [7, 11) is 5.16. The van der Waals surface area contributed by atoms with E-state index in [1.807, 2.05) is 25.9 Å². The number of nitrogens with zero attached hydrogens (tertiary/aromatic N) is 1. The van der Waals surface area contributed by atoms with Gasteiger partial charge >= 0.3 is 5.97 Å². The third kappa shape index (κ3) is 9.38. The fraction of sp³-hybridized carbons (Fsp3) is 0.919. The van der Waals surface area contributed by atoms with Crippen molar-refractivity contribution in [2.24, 2.45) is 23.7 Å². The monoisotopic (exact) mass is 731 g/mol. The summed E-state index contributed by atoms with van der Waals surface area (Å²) in [5.41, 5.74) is -5.07. The van der Waals surface area contributed by atoms with Crippen molar-refractivity contribution in [2.45, 2.75) is 173 Å². The molecule has 0 aromatic rings. The van der Waals surface area contributed by atoms with E-state index >= 15 is 0 Å². The first-order valence-electron chi connectivity index (χ1n) is 18.4. The van der Waals surface area contributed by atoms with Gasteiger partial charge in [0.2, 0.25) is 0 Å². The average Bonchev–Trinajstić information content (AvgIpc) is 3.05. The lowest BCUT2D eigenvalue weighted by Crippen LogP contribution is -2.61. The van der Waals surface area contributed by atoms with Crippen LogP contribution in [0.4, 0.5) is 0 Å². The average molecular weight is 732 g/mol. The minimum atomic E-state index is -2.19. The summed E-state index contributed by atoms with van der Waals surface area (Å²) < 4.78 is 36.9. The van der Waals surface area contributed by atoms with E-state index in [1.165, 1.54) is 27.9 Å². The van der Waals surface area contributed by atoms with Crippen LogP contribution < -0.4 is 0 Å². The maximum absolute atomic E-state index is 14.0. The van der Waals surface area contributed by atoms with Crippen LogP contribution in [0, 0.1) is 23.7 Å². The second kappa shape index (κ2) is 16.8. The van der Waals surface area contributed by atoms with Gasteiger partial charge in [-0.05, 0) is 81.8 Å². The summed E-state index contributed by atoms with van der Waals surface area (Å²) >= 11 is 0. The Bertz CT molecular complexity index is 1210. The molecule has 3 aliphatic rings. The van der Waals surface area contributed by atoms with Gasteiger partial charge in [0.05, 0.1) is 47.5 Å². The van der Waals surface area contributed by atoms with Crippen molar-refractivity contribution in [3.63, 3.8) is 0 Å². The van der Waals surface area contributed by atoms with E-state index in [-0.39, 0.29) is 31.4 Å². The number of aliphatic hydroxyl groups excluding tert-OH is 2. The molecule has 17 unspecified atom stereocenters. The molecule has 0 aliphatic carbocycles. The van der Waals surface area contributed by atoms with Crippen LogP contribution in [0.3, 0.4) is 0 Å². The van der Waals surface area contributed by atoms with Crippen molar-refractivity contribution in [1.82, 2.24) is 4.90 Å². The number of carbonyl (C=O) groups excluding carboxylic acids is 3. The number of rotatable bonds is 7. The summed E-state index contributed by atoms with van der Waals surface area (Å²) in [6.07, 6.45) is -8.44. The molecule has 3 aliphatic heterocycles. The molecule has 3 fully saturated rings.